The van der Waals surface area contributed by atoms with Gasteiger partial charge in [0.1, 0.15) is 11.4 Å². The third-order valence-electron chi connectivity index (χ3n) is 3.25. The second kappa shape index (κ2) is 5.12. The van der Waals surface area contributed by atoms with E-state index in [1.165, 1.54) is 0 Å². The van der Waals surface area contributed by atoms with Gasteiger partial charge in [-0.25, -0.2) is 0 Å². The van der Waals surface area contributed by atoms with E-state index in [-0.39, 0.29) is 0 Å². The van der Waals surface area contributed by atoms with E-state index < -0.39 is 11.7 Å². The lowest BCUT2D eigenvalue weighted by molar-refractivity contribution is -0.0411. The van der Waals surface area contributed by atoms with Gasteiger partial charge in [0.25, 0.3) is 0 Å². The lowest BCUT2D eigenvalue weighted by Gasteiger charge is -2.37. The summed E-state index contributed by atoms with van der Waals surface area (Å²) in [7, 11) is 1.67. The van der Waals surface area contributed by atoms with Gasteiger partial charge in [0.15, 0.2) is 0 Å². The number of hydrogen-bond donors (Lipinski definition) is 1. The van der Waals surface area contributed by atoms with Crippen molar-refractivity contribution in [2.75, 3.05) is 13.7 Å². The van der Waals surface area contributed by atoms with Crippen LogP contribution >= 0.6 is 0 Å². The van der Waals surface area contributed by atoms with Crippen LogP contribution in [0.25, 0.3) is 6.08 Å². The third-order valence-corrected chi connectivity index (χ3v) is 3.25. The summed E-state index contributed by atoms with van der Waals surface area (Å²) in [6.07, 6.45) is 4.14. The molecule has 0 fully saturated rings. The second-order valence-corrected chi connectivity index (χ2v) is 5.15. The van der Waals surface area contributed by atoms with Gasteiger partial charge >= 0.3 is 0 Å². The normalized spacial score (nSPS) is 21.7. The number of aliphatic hydroxyl groups is 1. The molecule has 3 heteroatoms. The second-order valence-electron chi connectivity index (χ2n) is 5.15. The van der Waals surface area contributed by atoms with Gasteiger partial charge in [-0.3, -0.25) is 0 Å². The van der Waals surface area contributed by atoms with Crippen LogP contribution < -0.4 is 4.74 Å². The smallest absolute Gasteiger partial charge is 0.129 e. The highest BCUT2D eigenvalue weighted by Crippen LogP contribution is 2.33. The lowest BCUT2D eigenvalue weighted by Crippen LogP contribution is -2.46. The molecule has 98 valence electrons. The van der Waals surface area contributed by atoms with Crippen molar-refractivity contribution in [3.8, 4) is 5.75 Å². The summed E-state index contributed by atoms with van der Waals surface area (Å²) < 4.78 is 10.8. The van der Waals surface area contributed by atoms with Gasteiger partial charge in [-0.1, -0.05) is 18.2 Å². The summed E-state index contributed by atoms with van der Waals surface area (Å²) in [5, 5.41) is 10.0. The molecule has 0 radical (unpaired) electrons. The molecule has 1 aromatic carbocycles. The molecule has 0 unspecified atom stereocenters. The first kappa shape index (κ1) is 13.1. The predicted octanol–water partition coefficient (Wildman–Crippen LogP) is 2.42. The van der Waals surface area contributed by atoms with E-state index in [0.717, 1.165) is 16.9 Å². The first-order valence-corrected chi connectivity index (χ1v) is 6.18. The van der Waals surface area contributed by atoms with Gasteiger partial charge in [0, 0.05) is 13.5 Å². The van der Waals surface area contributed by atoms with Crippen molar-refractivity contribution in [3.63, 3.8) is 0 Å². The van der Waals surface area contributed by atoms with Crippen LogP contribution in [0.3, 0.4) is 0 Å². The zero-order valence-electron chi connectivity index (χ0n) is 11.1. The molecular formula is C15H20O3. The maximum absolute atomic E-state index is 10.0. The molecule has 0 saturated carbocycles. The Morgan fingerprint density at radius 2 is 2.28 bits per heavy atom. The van der Waals surface area contributed by atoms with Crippen LogP contribution in [0.4, 0.5) is 0 Å². The van der Waals surface area contributed by atoms with E-state index in [4.69, 9.17) is 9.47 Å². The van der Waals surface area contributed by atoms with Crippen LogP contribution in [0.5, 0.6) is 5.75 Å². The number of methoxy groups -OCH3 is 1. The summed E-state index contributed by atoms with van der Waals surface area (Å²) in [6.45, 7) is 4.42. The summed E-state index contributed by atoms with van der Waals surface area (Å²) in [5.41, 5.74) is 1.64. The Bertz CT molecular complexity index is 449. The SMILES string of the molecule is COCC=Cc1ccc2c(c1)C[C@@H](O)C(C)(C)O2. The Morgan fingerprint density at radius 3 is 3.00 bits per heavy atom. The Hall–Kier alpha value is -1.32. The van der Waals surface area contributed by atoms with Gasteiger partial charge in [0.05, 0.1) is 12.7 Å². The van der Waals surface area contributed by atoms with Crippen molar-refractivity contribution in [3.05, 3.63) is 35.4 Å². The van der Waals surface area contributed by atoms with Crippen molar-refractivity contribution in [2.45, 2.75) is 32.0 Å². The van der Waals surface area contributed by atoms with E-state index in [0.29, 0.717) is 13.0 Å². The minimum atomic E-state index is -0.513. The molecule has 1 atom stereocenters. The molecule has 1 aliphatic rings. The van der Waals surface area contributed by atoms with Crippen LogP contribution in [0.1, 0.15) is 25.0 Å². The van der Waals surface area contributed by atoms with Crippen LogP contribution in [-0.2, 0) is 11.2 Å². The molecule has 0 bridgehead atoms. The Morgan fingerprint density at radius 1 is 1.50 bits per heavy atom. The number of aliphatic hydroxyl groups excluding tert-OH is 1. The Balaban J connectivity index is 2.21. The largest absolute Gasteiger partial charge is 0.485 e. The minimum absolute atomic E-state index is 0.469. The van der Waals surface area contributed by atoms with Crippen molar-refractivity contribution >= 4 is 6.08 Å². The molecule has 2 rings (SSSR count). The molecule has 1 N–H and O–H groups in total. The van der Waals surface area contributed by atoms with Crippen LogP contribution in [0.2, 0.25) is 0 Å². The monoisotopic (exact) mass is 248 g/mol. The van der Waals surface area contributed by atoms with Crippen molar-refractivity contribution in [2.24, 2.45) is 0 Å². The van der Waals surface area contributed by atoms with Crippen LogP contribution in [0.15, 0.2) is 24.3 Å². The Kier molecular flexibility index (Phi) is 3.73. The van der Waals surface area contributed by atoms with Crippen molar-refractivity contribution in [1.29, 1.82) is 0 Å². The molecule has 1 aromatic rings. The van der Waals surface area contributed by atoms with Gasteiger partial charge in [-0.2, -0.15) is 0 Å². The maximum Gasteiger partial charge on any atom is 0.129 e. The van der Waals surface area contributed by atoms with Gasteiger partial charge < -0.3 is 14.6 Å². The van der Waals surface area contributed by atoms with Crippen LogP contribution in [-0.4, -0.2) is 30.5 Å². The zero-order valence-corrected chi connectivity index (χ0v) is 11.1. The number of benzene rings is 1. The zero-order chi connectivity index (χ0) is 13.2. The molecule has 0 aliphatic carbocycles. The van der Waals surface area contributed by atoms with E-state index in [1.807, 2.05) is 38.1 Å². The number of rotatable bonds is 3. The standard InChI is InChI=1S/C15H20O3/c1-15(2)14(16)10-12-9-11(5-4-8-17-3)6-7-13(12)18-15/h4-7,9,14,16H,8,10H2,1-3H3/t14-/m1/s1. The van der Waals surface area contributed by atoms with E-state index >= 15 is 0 Å². The predicted molar refractivity (Wildman–Crippen MR) is 71.8 cm³/mol. The van der Waals surface area contributed by atoms with Crippen molar-refractivity contribution in [1.82, 2.24) is 0 Å². The summed E-state index contributed by atoms with van der Waals surface area (Å²) in [5.74, 6) is 0.870. The van der Waals surface area contributed by atoms with E-state index in [2.05, 4.69) is 6.07 Å². The van der Waals surface area contributed by atoms with Gasteiger partial charge in [0.2, 0.25) is 0 Å². The fraction of sp³-hybridized carbons (Fsp3) is 0.467. The fourth-order valence-electron chi connectivity index (χ4n) is 2.05. The summed E-state index contributed by atoms with van der Waals surface area (Å²) in [4.78, 5) is 0. The lowest BCUT2D eigenvalue weighted by atomic mass is 9.90. The summed E-state index contributed by atoms with van der Waals surface area (Å²) in [6, 6.07) is 6.04. The molecule has 0 aromatic heterocycles. The highest BCUT2D eigenvalue weighted by Gasteiger charge is 2.35. The molecular weight excluding hydrogens is 228 g/mol. The fourth-order valence-corrected chi connectivity index (χ4v) is 2.05. The number of ether oxygens (including phenoxy) is 2. The van der Waals surface area contributed by atoms with Gasteiger partial charge in [-0.05, 0) is 37.1 Å². The molecule has 18 heavy (non-hydrogen) atoms. The first-order valence-electron chi connectivity index (χ1n) is 6.18. The molecule has 0 spiro atoms. The van der Waals surface area contributed by atoms with Crippen molar-refractivity contribution < 1.29 is 14.6 Å². The van der Waals surface area contributed by atoms with E-state index in [1.54, 1.807) is 7.11 Å². The van der Waals surface area contributed by atoms with E-state index in [9.17, 15) is 5.11 Å². The van der Waals surface area contributed by atoms with Crippen LogP contribution in [0, 0.1) is 0 Å². The highest BCUT2D eigenvalue weighted by atomic mass is 16.5. The Labute approximate surface area is 108 Å². The first-order chi connectivity index (χ1) is 8.53. The average Bonchev–Trinajstić information content (AvgIpc) is 2.31. The van der Waals surface area contributed by atoms with Gasteiger partial charge in [-0.15, -0.1) is 0 Å². The third kappa shape index (κ3) is 2.74. The minimum Gasteiger partial charge on any atom is -0.485 e. The maximum atomic E-state index is 10.0. The molecule has 1 heterocycles. The molecule has 0 saturated heterocycles. The quantitative estimate of drug-likeness (QED) is 0.892. The number of hydrogen-bond acceptors (Lipinski definition) is 3. The highest BCUT2D eigenvalue weighted by molar-refractivity contribution is 5.54. The molecule has 3 nitrogen and oxygen atoms in total. The average molecular weight is 248 g/mol. The molecule has 1 aliphatic heterocycles. The topological polar surface area (TPSA) is 38.7 Å². The summed E-state index contributed by atoms with van der Waals surface area (Å²) >= 11 is 0. The molecule has 0 amide bonds. The number of fused-ring (bicyclic) bond motifs is 1.